The van der Waals surface area contributed by atoms with Gasteiger partial charge in [-0.2, -0.15) is 0 Å². The largest absolute Gasteiger partial charge is 0.487 e. The third-order valence-corrected chi connectivity index (χ3v) is 6.42. The van der Waals surface area contributed by atoms with Crippen LogP contribution in [0.2, 0.25) is 0 Å². The number of nitrogens with zero attached hydrogens (tertiary/aromatic N) is 2. The lowest BCUT2D eigenvalue weighted by Gasteiger charge is -2.31. The molecular formula is C21H18BrIN2O3S. The van der Waals surface area contributed by atoms with Crippen LogP contribution in [0.1, 0.15) is 16.7 Å². The number of aryl methyl sites for hydroxylation is 1. The highest BCUT2D eigenvalue weighted by Crippen LogP contribution is 2.33. The number of benzene rings is 2. The van der Waals surface area contributed by atoms with Gasteiger partial charge >= 0.3 is 0 Å². The molecule has 1 fully saturated rings. The zero-order valence-corrected chi connectivity index (χ0v) is 20.6. The minimum atomic E-state index is -0.413. The molecule has 3 rings (SSSR count). The molecule has 29 heavy (non-hydrogen) atoms. The van der Waals surface area contributed by atoms with Gasteiger partial charge in [0.05, 0.1) is 8.04 Å². The normalized spacial score (nSPS) is 14.5. The molecule has 0 spiro atoms. The summed E-state index contributed by atoms with van der Waals surface area (Å²) in [6, 6.07) is 11.9. The number of ether oxygens (including phenoxy) is 1. The Hall–Kier alpha value is -1.78. The van der Waals surface area contributed by atoms with Gasteiger partial charge in [0.25, 0.3) is 11.8 Å². The van der Waals surface area contributed by atoms with Crippen LogP contribution in [0.15, 0.2) is 46.4 Å². The van der Waals surface area contributed by atoms with E-state index in [1.54, 1.807) is 20.2 Å². The van der Waals surface area contributed by atoms with Gasteiger partial charge in [-0.05, 0) is 87.0 Å². The van der Waals surface area contributed by atoms with Gasteiger partial charge in [-0.1, -0.05) is 29.8 Å². The molecule has 2 amide bonds. The predicted molar refractivity (Wildman–Crippen MR) is 128 cm³/mol. The molecule has 0 bridgehead atoms. The second-order valence-electron chi connectivity index (χ2n) is 6.66. The lowest BCUT2D eigenvalue weighted by molar-refractivity contribution is -0.132. The number of carbonyl (C=O) groups excluding carboxylic acids is 2. The fourth-order valence-corrected chi connectivity index (χ4v) is 4.72. The molecule has 2 aromatic carbocycles. The van der Waals surface area contributed by atoms with Gasteiger partial charge in [-0.3, -0.25) is 19.4 Å². The topological polar surface area (TPSA) is 49.9 Å². The van der Waals surface area contributed by atoms with Gasteiger partial charge in [0.2, 0.25) is 0 Å². The summed E-state index contributed by atoms with van der Waals surface area (Å²) in [6.45, 7) is 2.49. The molecule has 0 N–H and O–H groups in total. The first-order chi connectivity index (χ1) is 13.7. The number of hydrogen-bond donors (Lipinski definition) is 0. The standard InChI is InChI=1S/C21H18BrIN2O3S/c1-12-4-6-13(7-5-12)11-28-18-16(22)9-14(10-17(18)23)8-15-19(26)24(2)21(29)25(3)20(15)27/h4-10H,11H2,1-3H3. The van der Waals surface area contributed by atoms with Crippen molar-refractivity contribution in [2.24, 2.45) is 0 Å². The molecule has 5 nitrogen and oxygen atoms in total. The Bertz CT molecular complexity index is 988. The van der Waals surface area contributed by atoms with Gasteiger partial charge < -0.3 is 4.74 Å². The Morgan fingerprint density at radius 3 is 2.24 bits per heavy atom. The van der Waals surface area contributed by atoms with Crippen molar-refractivity contribution in [2.75, 3.05) is 14.1 Å². The number of hydrogen-bond acceptors (Lipinski definition) is 4. The summed E-state index contributed by atoms with van der Waals surface area (Å²) in [4.78, 5) is 27.6. The Morgan fingerprint density at radius 2 is 1.69 bits per heavy atom. The Balaban J connectivity index is 1.86. The molecule has 1 aliphatic rings. The summed E-state index contributed by atoms with van der Waals surface area (Å²) in [6.07, 6.45) is 1.58. The minimum absolute atomic E-state index is 0.0691. The average Bonchev–Trinajstić information content (AvgIpc) is 2.69. The summed E-state index contributed by atoms with van der Waals surface area (Å²) in [5, 5.41) is 0.188. The van der Waals surface area contributed by atoms with Crippen LogP contribution >= 0.6 is 50.7 Å². The smallest absolute Gasteiger partial charge is 0.265 e. The highest BCUT2D eigenvalue weighted by molar-refractivity contribution is 14.1. The predicted octanol–water partition coefficient (Wildman–Crippen LogP) is 4.54. The third kappa shape index (κ3) is 4.70. The van der Waals surface area contributed by atoms with Gasteiger partial charge in [0.15, 0.2) is 5.11 Å². The summed E-state index contributed by atoms with van der Waals surface area (Å²) in [7, 11) is 3.12. The van der Waals surface area contributed by atoms with Crippen LogP contribution in [0.5, 0.6) is 5.75 Å². The second-order valence-corrected chi connectivity index (χ2v) is 9.04. The van der Waals surface area contributed by atoms with E-state index in [4.69, 9.17) is 17.0 Å². The van der Waals surface area contributed by atoms with Crippen LogP contribution in [0.3, 0.4) is 0 Å². The van der Waals surface area contributed by atoms with E-state index in [0.29, 0.717) is 12.4 Å². The first-order valence-electron chi connectivity index (χ1n) is 8.68. The SMILES string of the molecule is Cc1ccc(COc2c(Br)cc(C=C3C(=O)N(C)C(=S)N(C)C3=O)cc2I)cc1. The molecule has 150 valence electrons. The highest BCUT2D eigenvalue weighted by Gasteiger charge is 2.35. The lowest BCUT2D eigenvalue weighted by Crippen LogP contribution is -2.52. The lowest BCUT2D eigenvalue weighted by atomic mass is 10.1. The van der Waals surface area contributed by atoms with Crippen LogP contribution in [-0.4, -0.2) is 40.8 Å². The molecule has 0 saturated carbocycles. The maximum atomic E-state index is 12.5. The van der Waals surface area contributed by atoms with E-state index in [-0.39, 0.29) is 10.7 Å². The number of likely N-dealkylation sites (N-methyl/N-ethyl adjacent to an activating group) is 2. The molecular weight excluding hydrogens is 567 g/mol. The molecule has 0 atom stereocenters. The van der Waals surface area contributed by atoms with Crippen LogP contribution in [0.4, 0.5) is 0 Å². The van der Waals surface area contributed by atoms with E-state index in [2.05, 4.69) is 38.5 Å². The fourth-order valence-electron chi connectivity index (χ4n) is 2.78. The van der Waals surface area contributed by atoms with Crippen LogP contribution < -0.4 is 4.74 Å². The number of rotatable bonds is 4. The number of amides is 2. The van der Waals surface area contributed by atoms with Crippen LogP contribution in [0, 0.1) is 10.5 Å². The maximum Gasteiger partial charge on any atom is 0.265 e. The Kier molecular flexibility index (Phi) is 6.75. The number of carbonyl (C=O) groups is 2. The van der Waals surface area contributed by atoms with E-state index >= 15 is 0 Å². The zero-order valence-electron chi connectivity index (χ0n) is 16.0. The summed E-state index contributed by atoms with van der Waals surface area (Å²) in [5.74, 6) is -0.113. The van der Waals surface area contributed by atoms with Crippen molar-refractivity contribution in [2.45, 2.75) is 13.5 Å². The van der Waals surface area contributed by atoms with E-state index in [0.717, 1.165) is 19.2 Å². The van der Waals surface area contributed by atoms with E-state index < -0.39 is 11.8 Å². The van der Waals surface area contributed by atoms with Crippen molar-refractivity contribution < 1.29 is 14.3 Å². The molecule has 0 aromatic heterocycles. The molecule has 2 aromatic rings. The highest BCUT2D eigenvalue weighted by atomic mass is 127. The van der Waals surface area contributed by atoms with Gasteiger partial charge in [0, 0.05) is 14.1 Å². The molecule has 1 aliphatic heterocycles. The van der Waals surface area contributed by atoms with Crippen LogP contribution in [0.25, 0.3) is 6.08 Å². The second kappa shape index (κ2) is 8.93. The third-order valence-electron chi connectivity index (χ3n) is 4.48. The van der Waals surface area contributed by atoms with Gasteiger partial charge in [-0.25, -0.2) is 0 Å². The quantitative estimate of drug-likeness (QED) is 0.229. The molecule has 8 heteroatoms. The number of halogens is 2. The van der Waals surface area contributed by atoms with Crippen LogP contribution in [-0.2, 0) is 16.2 Å². The summed E-state index contributed by atoms with van der Waals surface area (Å²) < 4.78 is 7.60. The average molecular weight is 585 g/mol. The minimum Gasteiger partial charge on any atom is -0.487 e. The Labute approximate surface area is 197 Å². The zero-order chi connectivity index (χ0) is 21.3. The molecule has 0 radical (unpaired) electrons. The number of thiocarbonyl (C=S) groups is 1. The monoisotopic (exact) mass is 584 g/mol. The Morgan fingerprint density at radius 1 is 1.10 bits per heavy atom. The summed E-state index contributed by atoms with van der Waals surface area (Å²) >= 11 is 10.8. The first-order valence-corrected chi connectivity index (χ1v) is 11.0. The van der Waals surface area contributed by atoms with Gasteiger partial charge in [-0.15, -0.1) is 0 Å². The van der Waals surface area contributed by atoms with Crippen molar-refractivity contribution >= 4 is 73.7 Å². The van der Waals surface area contributed by atoms with Crippen molar-refractivity contribution in [3.63, 3.8) is 0 Å². The van der Waals surface area contributed by atoms with Crippen molar-refractivity contribution in [3.05, 3.63) is 66.7 Å². The first kappa shape index (κ1) is 21.9. The molecule has 0 aliphatic carbocycles. The molecule has 0 unspecified atom stereocenters. The molecule has 1 heterocycles. The molecule has 1 saturated heterocycles. The van der Waals surface area contributed by atoms with Crippen molar-refractivity contribution in [3.8, 4) is 5.75 Å². The van der Waals surface area contributed by atoms with E-state index in [1.807, 2.05) is 43.3 Å². The van der Waals surface area contributed by atoms with Crippen molar-refractivity contribution in [1.82, 2.24) is 9.80 Å². The van der Waals surface area contributed by atoms with Gasteiger partial charge in [0.1, 0.15) is 17.9 Å². The summed E-state index contributed by atoms with van der Waals surface area (Å²) in [5.41, 5.74) is 3.06. The van der Waals surface area contributed by atoms with E-state index in [9.17, 15) is 9.59 Å². The maximum absolute atomic E-state index is 12.5. The van der Waals surface area contributed by atoms with Crippen molar-refractivity contribution in [1.29, 1.82) is 0 Å². The van der Waals surface area contributed by atoms with E-state index in [1.165, 1.54) is 15.4 Å². The fraction of sp³-hybridized carbons (Fsp3) is 0.190.